The molecule has 0 spiro atoms. The van der Waals surface area contributed by atoms with E-state index in [1.54, 1.807) is 7.05 Å². The van der Waals surface area contributed by atoms with E-state index in [1.807, 2.05) is 24.3 Å². The summed E-state index contributed by atoms with van der Waals surface area (Å²) < 4.78 is 0. The van der Waals surface area contributed by atoms with Crippen LogP contribution in [0.2, 0.25) is 0 Å². The number of piperidine rings is 1. The van der Waals surface area contributed by atoms with Crippen LogP contribution in [-0.2, 0) is 19.5 Å². The molecule has 0 bridgehead atoms. The van der Waals surface area contributed by atoms with Crippen LogP contribution in [0.4, 0.5) is 0 Å². The summed E-state index contributed by atoms with van der Waals surface area (Å²) in [6.07, 6.45) is 4.81. The van der Waals surface area contributed by atoms with E-state index in [0.717, 1.165) is 37.6 Å². The van der Waals surface area contributed by atoms with Crippen LogP contribution in [-0.4, -0.2) is 49.5 Å². The first-order valence-corrected chi connectivity index (χ1v) is 12.2. The maximum Gasteiger partial charge on any atom is 0.251 e. The topological polar surface area (TPSA) is 68.8 Å². The highest BCUT2D eigenvalue weighted by molar-refractivity contribution is 5.94. The summed E-state index contributed by atoms with van der Waals surface area (Å²) in [5.41, 5.74) is 4.40. The molecule has 1 atom stereocenters. The van der Waals surface area contributed by atoms with Crippen molar-refractivity contribution in [2.45, 2.75) is 58.7 Å². The van der Waals surface area contributed by atoms with Gasteiger partial charge in [-0.3, -0.25) is 9.69 Å². The van der Waals surface area contributed by atoms with Gasteiger partial charge in [0, 0.05) is 38.3 Å². The van der Waals surface area contributed by atoms with E-state index in [2.05, 4.69) is 59.0 Å². The second-order valence-electron chi connectivity index (χ2n) is 8.78. The van der Waals surface area contributed by atoms with E-state index in [9.17, 15) is 4.79 Å². The zero-order chi connectivity index (χ0) is 23.5. The van der Waals surface area contributed by atoms with Crippen molar-refractivity contribution in [3.63, 3.8) is 0 Å². The van der Waals surface area contributed by atoms with Gasteiger partial charge in [0.2, 0.25) is 0 Å². The van der Waals surface area contributed by atoms with Gasteiger partial charge in [-0.1, -0.05) is 42.8 Å². The van der Waals surface area contributed by atoms with Crippen LogP contribution in [0.25, 0.3) is 0 Å². The second kappa shape index (κ2) is 13.0. The average molecular weight is 450 g/mol. The molecule has 1 heterocycles. The lowest BCUT2D eigenvalue weighted by atomic mass is 10.0. The van der Waals surface area contributed by atoms with Crippen LogP contribution >= 0.6 is 0 Å². The summed E-state index contributed by atoms with van der Waals surface area (Å²) in [5, 5.41) is 9.39. The van der Waals surface area contributed by atoms with Gasteiger partial charge in [0.05, 0.1) is 6.54 Å². The molecule has 0 aromatic heterocycles. The molecule has 1 fully saturated rings. The Morgan fingerprint density at radius 1 is 1.06 bits per heavy atom. The van der Waals surface area contributed by atoms with Gasteiger partial charge in [0.15, 0.2) is 5.96 Å². The van der Waals surface area contributed by atoms with Crippen molar-refractivity contribution in [2.75, 3.05) is 26.7 Å². The van der Waals surface area contributed by atoms with Crippen molar-refractivity contribution < 1.29 is 4.79 Å². The number of benzene rings is 2. The first-order valence-electron chi connectivity index (χ1n) is 12.2. The van der Waals surface area contributed by atoms with Gasteiger partial charge in [0.25, 0.3) is 5.91 Å². The average Bonchev–Trinajstić information content (AvgIpc) is 2.84. The van der Waals surface area contributed by atoms with Crippen LogP contribution in [0.3, 0.4) is 0 Å². The predicted octanol–water partition coefficient (Wildman–Crippen LogP) is 3.72. The predicted molar refractivity (Wildman–Crippen MR) is 137 cm³/mol. The third-order valence-corrected chi connectivity index (χ3v) is 6.24. The Morgan fingerprint density at radius 3 is 2.58 bits per heavy atom. The Morgan fingerprint density at radius 2 is 1.85 bits per heavy atom. The summed E-state index contributed by atoms with van der Waals surface area (Å²) in [6, 6.07) is 17.3. The largest absolute Gasteiger partial charge is 0.357 e. The van der Waals surface area contributed by atoms with Crippen molar-refractivity contribution in [3.05, 3.63) is 70.8 Å². The molecule has 0 aliphatic carbocycles. The number of likely N-dealkylation sites (tertiary alicyclic amines) is 1. The third kappa shape index (κ3) is 7.90. The fraction of sp³-hybridized carbons (Fsp3) is 0.481. The fourth-order valence-corrected chi connectivity index (χ4v) is 4.23. The molecule has 0 radical (unpaired) electrons. The Labute approximate surface area is 198 Å². The number of guanidine groups is 1. The summed E-state index contributed by atoms with van der Waals surface area (Å²) >= 11 is 0. The number of amides is 1. The first-order chi connectivity index (χ1) is 16.1. The normalized spacial score (nSPS) is 16.9. The molecule has 0 saturated carbocycles. The van der Waals surface area contributed by atoms with Crippen LogP contribution in [0.1, 0.15) is 60.2 Å². The molecule has 1 saturated heterocycles. The monoisotopic (exact) mass is 449 g/mol. The van der Waals surface area contributed by atoms with Gasteiger partial charge in [-0.15, -0.1) is 0 Å². The maximum absolute atomic E-state index is 11.8. The molecule has 2 aromatic carbocycles. The number of rotatable bonds is 9. The molecule has 1 amide bonds. The van der Waals surface area contributed by atoms with Crippen LogP contribution < -0.4 is 16.0 Å². The van der Waals surface area contributed by atoms with Gasteiger partial charge in [-0.2, -0.15) is 0 Å². The highest BCUT2D eigenvalue weighted by Gasteiger charge is 2.17. The second-order valence-corrected chi connectivity index (χ2v) is 8.78. The van der Waals surface area contributed by atoms with Crippen molar-refractivity contribution in [1.29, 1.82) is 0 Å². The first kappa shape index (κ1) is 24.8. The Hall–Kier alpha value is -2.86. The van der Waals surface area contributed by atoms with E-state index in [0.29, 0.717) is 18.2 Å². The molecule has 2 aromatic rings. The van der Waals surface area contributed by atoms with E-state index in [-0.39, 0.29) is 5.91 Å². The number of carbonyl (C=O) groups is 1. The van der Waals surface area contributed by atoms with Gasteiger partial charge < -0.3 is 16.0 Å². The van der Waals surface area contributed by atoms with Crippen molar-refractivity contribution >= 4 is 11.9 Å². The van der Waals surface area contributed by atoms with Crippen LogP contribution in [0.5, 0.6) is 0 Å². The minimum Gasteiger partial charge on any atom is -0.357 e. The summed E-state index contributed by atoms with van der Waals surface area (Å²) in [4.78, 5) is 19.2. The van der Waals surface area contributed by atoms with Crippen LogP contribution in [0.15, 0.2) is 53.5 Å². The standard InChI is InChI=1S/C27H39N5O/c1-4-29-27(30-16-15-22-9-7-10-25(18-22)26(33)28-3)31-19-23-11-13-24(14-12-23)20-32-17-6-5-8-21(32)2/h7,9-14,18,21H,4-6,8,15-17,19-20H2,1-3H3,(H,28,33)(H2,29,30,31). The highest BCUT2D eigenvalue weighted by atomic mass is 16.1. The van der Waals surface area contributed by atoms with E-state index in [4.69, 9.17) is 4.99 Å². The lowest BCUT2D eigenvalue weighted by Crippen LogP contribution is -2.38. The number of carbonyl (C=O) groups excluding carboxylic acids is 1. The maximum atomic E-state index is 11.8. The van der Waals surface area contributed by atoms with Crippen molar-refractivity contribution in [1.82, 2.24) is 20.9 Å². The van der Waals surface area contributed by atoms with Crippen LogP contribution in [0, 0.1) is 0 Å². The van der Waals surface area contributed by atoms with Crippen molar-refractivity contribution in [2.24, 2.45) is 4.99 Å². The quantitative estimate of drug-likeness (QED) is 0.403. The smallest absolute Gasteiger partial charge is 0.251 e. The van der Waals surface area contributed by atoms with Crippen molar-refractivity contribution in [3.8, 4) is 0 Å². The Balaban J connectivity index is 1.50. The zero-order valence-electron chi connectivity index (χ0n) is 20.4. The molecule has 1 aliphatic rings. The number of hydrogen-bond donors (Lipinski definition) is 3. The minimum atomic E-state index is -0.0591. The van der Waals surface area contributed by atoms with E-state index in [1.165, 1.54) is 36.9 Å². The summed E-state index contributed by atoms with van der Waals surface area (Å²) in [6.45, 7) is 8.86. The molecular formula is C27H39N5O. The summed E-state index contributed by atoms with van der Waals surface area (Å²) in [5.74, 6) is 0.752. The number of nitrogens with zero attached hydrogens (tertiary/aromatic N) is 2. The number of hydrogen-bond acceptors (Lipinski definition) is 3. The molecule has 1 aliphatic heterocycles. The lowest BCUT2D eigenvalue weighted by Gasteiger charge is -2.33. The molecule has 33 heavy (non-hydrogen) atoms. The minimum absolute atomic E-state index is 0.0591. The third-order valence-electron chi connectivity index (χ3n) is 6.24. The molecule has 3 rings (SSSR count). The van der Waals surface area contributed by atoms with E-state index >= 15 is 0 Å². The SMILES string of the molecule is CCNC(=NCc1ccc(CN2CCCCC2C)cc1)NCCc1cccc(C(=O)NC)c1. The molecule has 178 valence electrons. The van der Waals surface area contributed by atoms with Gasteiger partial charge in [0.1, 0.15) is 0 Å². The molecule has 1 unspecified atom stereocenters. The fourth-order valence-electron chi connectivity index (χ4n) is 4.23. The zero-order valence-corrected chi connectivity index (χ0v) is 20.4. The number of aliphatic imine (C=N–C) groups is 1. The number of nitrogens with one attached hydrogen (secondary N) is 3. The Kier molecular flexibility index (Phi) is 9.76. The lowest BCUT2D eigenvalue weighted by molar-refractivity contribution is 0.0963. The molecule has 6 heteroatoms. The molecule has 6 nitrogen and oxygen atoms in total. The molecule has 3 N–H and O–H groups in total. The van der Waals surface area contributed by atoms with Gasteiger partial charge >= 0.3 is 0 Å². The molecular weight excluding hydrogens is 410 g/mol. The highest BCUT2D eigenvalue weighted by Crippen LogP contribution is 2.19. The Bertz CT molecular complexity index is 909. The van der Waals surface area contributed by atoms with Gasteiger partial charge in [-0.25, -0.2) is 4.99 Å². The van der Waals surface area contributed by atoms with E-state index < -0.39 is 0 Å². The van der Waals surface area contributed by atoms with Gasteiger partial charge in [-0.05, 0) is 68.5 Å². The summed E-state index contributed by atoms with van der Waals surface area (Å²) in [7, 11) is 1.65.